The molecule has 15 heteroatoms. The highest BCUT2D eigenvalue weighted by atomic mass is 32.2. The van der Waals surface area contributed by atoms with Crippen LogP contribution in [0.5, 0.6) is 0 Å². The molecule has 12 nitrogen and oxygen atoms in total. The van der Waals surface area contributed by atoms with E-state index in [9.17, 15) is 18.1 Å². The summed E-state index contributed by atoms with van der Waals surface area (Å²) in [5, 5.41) is 4.51. The van der Waals surface area contributed by atoms with Gasteiger partial charge in [0.05, 0.1) is 36.6 Å². The highest BCUT2D eigenvalue weighted by Gasteiger charge is 2.25. The number of nitrogens with two attached hydrogens (primary N) is 1. The Morgan fingerprint density at radius 2 is 1.95 bits per heavy atom. The van der Waals surface area contributed by atoms with Gasteiger partial charge >= 0.3 is 0 Å². The van der Waals surface area contributed by atoms with Crippen LogP contribution < -0.4 is 10.6 Å². The van der Waals surface area contributed by atoms with Crippen LogP contribution in [0.15, 0.2) is 47.3 Å². The van der Waals surface area contributed by atoms with E-state index in [4.69, 9.17) is 10.2 Å². The minimum atomic E-state index is -1.09. The number of rotatable bonds is 9. The number of nitrogens with zero attached hydrogens (tertiary/aromatic N) is 8. The molecule has 1 amide bonds. The van der Waals surface area contributed by atoms with Gasteiger partial charge in [0.25, 0.3) is 5.91 Å². The summed E-state index contributed by atoms with van der Waals surface area (Å²) in [7, 11) is 1.51. The Bertz CT molecular complexity index is 1760. The topological polar surface area (TPSA) is 137 Å². The highest BCUT2D eigenvalue weighted by molar-refractivity contribution is 7.90. The number of carbonyl (C=O) groups is 1. The predicted octanol–water partition coefficient (Wildman–Crippen LogP) is 2.47. The molecule has 5 aromatic rings. The van der Waals surface area contributed by atoms with Crippen LogP contribution in [0.2, 0.25) is 0 Å². The van der Waals surface area contributed by atoms with Crippen molar-refractivity contribution < 1.29 is 22.5 Å². The zero-order valence-electron chi connectivity index (χ0n) is 23.7. The number of piperazine rings is 1. The van der Waals surface area contributed by atoms with Gasteiger partial charge in [-0.05, 0) is 24.3 Å². The van der Waals surface area contributed by atoms with E-state index >= 15 is 0 Å². The Hall–Kier alpha value is -4.21. The van der Waals surface area contributed by atoms with Gasteiger partial charge in [0.2, 0.25) is 5.95 Å². The largest absolute Gasteiger partial charge is 0.617 e. The molecule has 1 fully saturated rings. The van der Waals surface area contributed by atoms with Gasteiger partial charge in [-0.3, -0.25) is 9.69 Å². The Kier molecular flexibility index (Phi) is 7.94. The first-order chi connectivity index (χ1) is 20.7. The summed E-state index contributed by atoms with van der Waals surface area (Å²) in [5.41, 5.74) is 8.91. The molecule has 43 heavy (non-hydrogen) atoms. The lowest BCUT2D eigenvalue weighted by molar-refractivity contribution is 0.0798. The highest BCUT2D eigenvalue weighted by Crippen LogP contribution is 2.27. The molecule has 6 rings (SSSR count). The molecule has 1 saturated heterocycles. The van der Waals surface area contributed by atoms with Gasteiger partial charge < -0.3 is 29.1 Å². The van der Waals surface area contributed by atoms with Crippen LogP contribution in [0.1, 0.15) is 10.4 Å². The first kappa shape index (κ1) is 28.9. The van der Waals surface area contributed by atoms with Crippen molar-refractivity contribution in [3.8, 4) is 11.5 Å². The molecule has 0 bridgehead atoms. The molecule has 1 aromatic carbocycles. The van der Waals surface area contributed by atoms with Crippen molar-refractivity contribution in [3.63, 3.8) is 0 Å². The van der Waals surface area contributed by atoms with E-state index in [1.165, 1.54) is 24.3 Å². The number of nitrogen functional groups attached to an aromatic ring is 1. The Labute approximate surface area is 248 Å². The Morgan fingerprint density at radius 1 is 1.16 bits per heavy atom. The van der Waals surface area contributed by atoms with Gasteiger partial charge in [0.15, 0.2) is 11.4 Å². The van der Waals surface area contributed by atoms with Crippen molar-refractivity contribution >= 4 is 45.4 Å². The summed E-state index contributed by atoms with van der Waals surface area (Å²) in [4.78, 5) is 27.3. The first-order valence-corrected chi connectivity index (χ1v) is 15.5. The van der Waals surface area contributed by atoms with Gasteiger partial charge in [-0.2, -0.15) is 14.6 Å². The standard InChI is InChI=1S/C28H31F2N9O3S/c1-35(11-13-43(2)41)27(40)18-14-22(20(30)15-19(18)29)37-8-5-36(6-9-37)7-10-38-17-32-25-23-16-21(24-4-3-12-42-24)34-39(23)28(31)33-26(25)38/h3-4,12,14-17H,5-11,13H2,1-2H3,(H2,31,33)/t43-/m0/s1. The summed E-state index contributed by atoms with van der Waals surface area (Å²) < 4.78 is 49.8. The summed E-state index contributed by atoms with van der Waals surface area (Å²) in [6.45, 7) is 3.80. The molecule has 226 valence electrons. The average molecular weight is 612 g/mol. The van der Waals surface area contributed by atoms with E-state index in [0.29, 0.717) is 61.9 Å². The summed E-state index contributed by atoms with van der Waals surface area (Å²) in [5.74, 6) is -1.07. The van der Waals surface area contributed by atoms with Crippen LogP contribution in [0.3, 0.4) is 0 Å². The maximum atomic E-state index is 14.8. The molecule has 0 radical (unpaired) electrons. The molecule has 0 aliphatic carbocycles. The number of hydrogen-bond acceptors (Lipinski definition) is 9. The van der Waals surface area contributed by atoms with Gasteiger partial charge in [-0.25, -0.2) is 13.8 Å². The lowest BCUT2D eigenvalue weighted by atomic mass is 10.1. The van der Waals surface area contributed by atoms with Crippen molar-refractivity contribution in [1.82, 2.24) is 33.9 Å². The van der Waals surface area contributed by atoms with Gasteiger partial charge in [0, 0.05) is 52.4 Å². The second-order valence-electron chi connectivity index (χ2n) is 10.5. The number of benzene rings is 1. The normalized spacial score (nSPS) is 15.0. The van der Waals surface area contributed by atoms with Crippen molar-refractivity contribution in [2.45, 2.75) is 6.54 Å². The monoisotopic (exact) mass is 611 g/mol. The number of imidazole rings is 1. The third kappa shape index (κ3) is 5.75. The second kappa shape index (κ2) is 11.8. The summed E-state index contributed by atoms with van der Waals surface area (Å²) >= 11 is -1.09. The number of anilines is 2. The minimum absolute atomic E-state index is 0.191. The molecule has 4 aromatic heterocycles. The maximum absolute atomic E-state index is 14.8. The Morgan fingerprint density at radius 3 is 2.67 bits per heavy atom. The molecule has 0 spiro atoms. The SMILES string of the molecule is CN(CC[S@+](C)[O-])C(=O)c1cc(N2CCN(CCn3cnc4c3nc(N)n3nc(-c5ccco5)cc43)CC2)c(F)cc1F. The van der Waals surface area contributed by atoms with Crippen LogP contribution >= 0.6 is 0 Å². The third-order valence-electron chi connectivity index (χ3n) is 7.67. The fraction of sp³-hybridized carbons (Fsp3) is 0.357. The molecular weight excluding hydrogens is 580 g/mol. The number of carbonyl (C=O) groups excluding carboxylic acids is 1. The minimum Gasteiger partial charge on any atom is -0.617 e. The number of furan rings is 1. The van der Waals surface area contributed by atoms with Crippen LogP contribution in [0.25, 0.3) is 28.1 Å². The molecule has 2 N–H and O–H groups in total. The fourth-order valence-corrected chi connectivity index (χ4v) is 5.77. The predicted molar refractivity (Wildman–Crippen MR) is 159 cm³/mol. The van der Waals surface area contributed by atoms with Crippen LogP contribution in [0, 0.1) is 11.6 Å². The van der Waals surface area contributed by atoms with Crippen molar-refractivity contribution in [1.29, 1.82) is 0 Å². The van der Waals surface area contributed by atoms with E-state index in [1.54, 1.807) is 23.2 Å². The lowest BCUT2D eigenvalue weighted by Crippen LogP contribution is -2.47. The maximum Gasteiger partial charge on any atom is 0.256 e. The van der Waals surface area contributed by atoms with Gasteiger partial charge in [-0.15, -0.1) is 0 Å². The van der Waals surface area contributed by atoms with E-state index < -0.39 is 28.7 Å². The van der Waals surface area contributed by atoms with Gasteiger partial charge in [-0.1, -0.05) is 11.2 Å². The Balaban J connectivity index is 1.11. The molecule has 1 aliphatic heterocycles. The molecular formula is C28H31F2N9O3S. The van der Waals surface area contributed by atoms with Crippen LogP contribution in [0.4, 0.5) is 20.4 Å². The molecule has 5 heterocycles. The third-order valence-corrected chi connectivity index (χ3v) is 8.43. The zero-order valence-corrected chi connectivity index (χ0v) is 24.6. The molecule has 1 aliphatic rings. The van der Waals surface area contributed by atoms with Crippen LogP contribution in [-0.4, -0.2) is 103 Å². The quantitative estimate of drug-likeness (QED) is 0.249. The average Bonchev–Trinajstić information content (AvgIpc) is 3.75. The molecule has 1 atom stereocenters. The summed E-state index contributed by atoms with van der Waals surface area (Å²) in [6, 6.07) is 7.53. The van der Waals surface area contributed by atoms with Gasteiger partial charge in [0.1, 0.15) is 34.1 Å². The van der Waals surface area contributed by atoms with E-state index in [2.05, 4.69) is 20.0 Å². The number of halogens is 2. The molecule has 0 saturated carbocycles. The number of aromatic nitrogens is 5. The van der Waals surface area contributed by atoms with Crippen molar-refractivity contribution in [2.75, 3.05) is 69.0 Å². The van der Waals surface area contributed by atoms with E-state index in [-0.39, 0.29) is 29.5 Å². The van der Waals surface area contributed by atoms with Crippen LogP contribution in [-0.2, 0) is 17.7 Å². The number of amides is 1. The van der Waals surface area contributed by atoms with Crippen molar-refractivity contribution in [2.24, 2.45) is 0 Å². The summed E-state index contributed by atoms with van der Waals surface area (Å²) in [6.07, 6.45) is 4.85. The van der Waals surface area contributed by atoms with E-state index in [0.717, 1.165) is 11.6 Å². The number of hydrogen-bond donors (Lipinski definition) is 1. The molecule has 0 unspecified atom stereocenters. The lowest BCUT2D eigenvalue weighted by Gasteiger charge is -2.36. The van der Waals surface area contributed by atoms with Crippen molar-refractivity contribution in [3.05, 3.63) is 60.1 Å². The first-order valence-electron chi connectivity index (χ1n) is 13.8. The smallest absolute Gasteiger partial charge is 0.256 e. The zero-order chi connectivity index (χ0) is 30.2. The van der Waals surface area contributed by atoms with E-state index in [1.807, 2.05) is 21.6 Å². The second-order valence-corrected chi connectivity index (χ2v) is 12.1. The fourth-order valence-electron chi connectivity index (χ4n) is 5.24. The number of fused-ring (bicyclic) bond motifs is 3.